The molecule has 0 unspecified atom stereocenters. The number of hydrogen-bond acceptors (Lipinski definition) is 1. The molecule has 0 fully saturated rings. The van der Waals surface area contributed by atoms with Crippen LogP contribution in [-0.2, 0) is 11.8 Å². The first-order valence-electron chi connectivity index (χ1n) is 7.83. The molecule has 2 rings (SSSR count). The third-order valence-corrected chi connectivity index (χ3v) is 3.66. The fourth-order valence-corrected chi connectivity index (χ4v) is 2.47. The van der Waals surface area contributed by atoms with E-state index in [2.05, 4.69) is 75.4 Å². The summed E-state index contributed by atoms with van der Waals surface area (Å²) in [7, 11) is 0. The van der Waals surface area contributed by atoms with E-state index in [0.717, 1.165) is 25.2 Å². The first-order chi connectivity index (χ1) is 10.1. The van der Waals surface area contributed by atoms with Crippen molar-refractivity contribution in [3.8, 4) is 5.75 Å². The van der Waals surface area contributed by atoms with E-state index in [0.29, 0.717) is 0 Å². The topological polar surface area (TPSA) is 9.23 Å². The molecule has 0 saturated heterocycles. The fraction of sp³-hybridized carbons (Fsp3) is 0.400. The molecule has 1 heteroatoms. The summed E-state index contributed by atoms with van der Waals surface area (Å²) in [5.74, 6) is 1.03. The Morgan fingerprint density at radius 1 is 0.810 bits per heavy atom. The number of ether oxygens (including phenoxy) is 1. The van der Waals surface area contributed by atoms with Gasteiger partial charge in [0.2, 0.25) is 0 Å². The molecule has 2 aromatic carbocycles. The van der Waals surface area contributed by atoms with Crippen molar-refractivity contribution in [3.63, 3.8) is 0 Å². The van der Waals surface area contributed by atoms with Crippen molar-refractivity contribution in [3.05, 3.63) is 65.7 Å². The smallest absolute Gasteiger partial charge is 0.123 e. The van der Waals surface area contributed by atoms with Crippen molar-refractivity contribution in [2.45, 2.75) is 45.4 Å². The third-order valence-electron chi connectivity index (χ3n) is 3.66. The Bertz CT molecular complexity index is 537. The number of benzene rings is 2. The van der Waals surface area contributed by atoms with Crippen molar-refractivity contribution >= 4 is 0 Å². The van der Waals surface area contributed by atoms with E-state index in [9.17, 15) is 0 Å². The Morgan fingerprint density at radius 2 is 1.48 bits per heavy atom. The molecule has 0 aliphatic heterocycles. The summed E-state index contributed by atoms with van der Waals surface area (Å²) in [6.07, 6.45) is 3.39. The van der Waals surface area contributed by atoms with Gasteiger partial charge in [0.05, 0.1) is 6.61 Å². The quantitative estimate of drug-likeness (QED) is 0.646. The monoisotopic (exact) mass is 282 g/mol. The number of hydrogen-bond donors (Lipinski definition) is 0. The summed E-state index contributed by atoms with van der Waals surface area (Å²) in [6.45, 7) is 7.47. The van der Waals surface area contributed by atoms with E-state index >= 15 is 0 Å². The van der Waals surface area contributed by atoms with Crippen LogP contribution in [0.2, 0.25) is 0 Å². The fourth-order valence-electron chi connectivity index (χ4n) is 2.47. The maximum Gasteiger partial charge on any atom is 0.123 e. The lowest BCUT2D eigenvalue weighted by atomic mass is 9.86. The molecule has 0 N–H and O–H groups in total. The summed E-state index contributed by atoms with van der Waals surface area (Å²) in [4.78, 5) is 0. The van der Waals surface area contributed by atoms with Gasteiger partial charge in [-0.1, -0.05) is 69.3 Å². The van der Waals surface area contributed by atoms with E-state index < -0.39 is 0 Å². The summed E-state index contributed by atoms with van der Waals surface area (Å²) in [5, 5.41) is 0. The van der Waals surface area contributed by atoms with Gasteiger partial charge in [-0.3, -0.25) is 0 Å². The maximum absolute atomic E-state index is 6.00. The molecular weight excluding hydrogens is 256 g/mol. The van der Waals surface area contributed by atoms with Crippen LogP contribution in [0.15, 0.2) is 54.6 Å². The molecule has 0 heterocycles. The van der Waals surface area contributed by atoms with Crippen LogP contribution >= 0.6 is 0 Å². The minimum atomic E-state index is 0.126. The molecule has 0 aromatic heterocycles. The predicted molar refractivity (Wildman–Crippen MR) is 90.0 cm³/mol. The van der Waals surface area contributed by atoms with Crippen molar-refractivity contribution in [1.82, 2.24) is 0 Å². The van der Waals surface area contributed by atoms with Crippen molar-refractivity contribution < 1.29 is 4.74 Å². The van der Waals surface area contributed by atoms with Crippen LogP contribution in [0.25, 0.3) is 0 Å². The highest BCUT2D eigenvalue weighted by Gasteiger charge is 2.18. The molecule has 0 aliphatic rings. The Balaban J connectivity index is 1.79. The molecule has 0 saturated carbocycles. The molecule has 1 nitrogen and oxygen atoms in total. The maximum atomic E-state index is 6.00. The van der Waals surface area contributed by atoms with Gasteiger partial charge in [-0.15, -0.1) is 0 Å². The van der Waals surface area contributed by atoms with Crippen LogP contribution in [0.3, 0.4) is 0 Å². The number of para-hydroxylation sites is 1. The standard InChI is InChI=1S/C20H26O/c1-20(2,3)18-14-7-8-15-19(18)21-16-10-9-13-17-11-5-4-6-12-17/h4-8,11-12,14-15H,9-10,13,16H2,1-3H3. The second-order valence-electron chi connectivity index (χ2n) is 6.54. The van der Waals surface area contributed by atoms with Gasteiger partial charge in [-0.25, -0.2) is 0 Å². The second-order valence-corrected chi connectivity index (χ2v) is 6.54. The highest BCUT2D eigenvalue weighted by atomic mass is 16.5. The summed E-state index contributed by atoms with van der Waals surface area (Å²) in [6, 6.07) is 19.0. The molecule has 0 spiro atoms. The Morgan fingerprint density at radius 3 is 2.19 bits per heavy atom. The van der Waals surface area contributed by atoms with Crippen LogP contribution in [0, 0.1) is 0 Å². The minimum Gasteiger partial charge on any atom is -0.493 e. The normalized spacial score (nSPS) is 11.4. The molecule has 0 amide bonds. The molecular formula is C20H26O. The minimum absolute atomic E-state index is 0.126. The van der Waals surface area contributed by atoms with E-state index in [-0.39, 0.29) is 5.41 Å². The third kappa shape index (κ3) is 4.93. The summed E-state index contributed by atoms with van der Waals surface area (Å²) >= 11 is 0. The first-order valence-corrected chi connectivity index (χ1v) is 7.83. The molecule has 112 valence electrons. The molecule has 0 atom stereocenters. The van der Waals surface area contributed by atoms with Gasteiger partial charge in [-0.05, 0) is 41.9 Å². The highest BCUT2D eigenvalue weighted by Crippen LogP contribution is 2.30. The van der Waals surface area contributed by atoms with Gasteiger partial charge in [0.1, 0.15) is 5.75 Å². The van der Waals surface area contributed by atoms with E-state index in [1.807, 2.05) is 0 Å². The van der Waals surface area contributed by atoms with E-state index in [4.69, 9.17) is 4.74 Å². The summed E-state index contributed by atoms with van der Waals surface area (Å²) in [5.41, 5.74) is 2.82. The number of aryl methyl sites for hydroxylation is 1. The molecule has 0 aliphatic carbocycles. The lowest BCUT2D eigenvalue weighted by molar-refractivity contribution is 0.299. The zero-order chi connectivity index (χ0) is 15.1. The average Bonchev–Trinajstić information content (AvgIpc) is 2.47. The first kappa shape index (κ1) is 15.6. The van der Waals surface area contributed by atoms with Gasteiger partial charge in [0.25, 0.3) is 0 Å². The molecule has 0 radical (unpaired) electrons. The molecule has 2 aromatic rings. The zero-order valence-corrected chi connectivity index (χ0v) is 13.4. The predicted octanol–water partition coefficient (Wildman–Crippen LogP) is 5.39. The van der Waals surface area contributed by atoms with Crippen LogP contribution in [-0.4, -0.2) is 6.61 Å². The van der Waals surface area contributed by atoms with Gasteiger partial charge >= 0.3 is 0 Å². The average molecular weight is 282 g/mol. The van der Waals surface area contributed by atoms with Gasteiger partial charge in [-0.2, -0.15) is 0 Å². The highest BCUT2D eigenvalue weighted by molar-refractivity contribution is 5.38. The SMILES string of the molecule is CC(C)(C)c1ccccc1OCCCCc1ccccc1. The lowest BCUT2D eigenvalue weighted by Gasteiger charge is -2.22. The lowest BCUT2D eigenvalue weighted by Crippen LogP contribution is -2.13. The Labute approximate surface area is 129 Å². The zero-order valence-electron chi connectivity index (χ0n) is 13.4. The van der Waals surface area contributed by atoms with Gasteiger partial charge in [0, 0.05) is 0 Å². The Kier molecular flexibility index (Phi) is 5.44. The van der Waals surface area contributed by atoms with Gasteiger partial charge in [0.15, 0.2) is 0 Å². The van der Waals surface area contributed by atoms with Crippen LogP contribution in [0.1, 0.15) is 44.7 Å². The van der Waals surface area contributed by atoms with Crippen molar-refractivity contribution in [1.29, 1.82) is 0 Å². The van der Waals surface area contributed by atoms with E-state index in [1.54, 1.807) is 0 Å². The summed E-state index contributed by atoms with van der Waals surface area (Å²) < 4.78 is 6.00. The second kappa shape index (κ2) is 7.31. The van der Waals surface area contributed by atoms with Crippen molar-refractivity contribution in [2.75, 3.05) is 6.61 Å². The van der Waals surface area contributed by atoms with Crippen molar-refractivity contribution in [2.24, 2.45) is 0 Å². The number of unbranched alkanes of at least 4 members (excludes halogenated alkanes) is 1. The van der Waals surface area contributed by atoms with E-state index in [1.165, 1.54) is 17.5 Å². The van der Waals surface area contributed by atoms with Gasteiger partial charge < -0.3 is 4.74 Å². The Hall–Kier alpha value is -1.76. The number of rotatable bonds is 6. The largest absolute Gasteiger partial charge is 0.493 e. The molecule has 21 heavy (non-hydrogen) atoms. The molecule has 0 bridgehead atoms. The van der Waals surface area contributed by atoms with Crippen LogP contribution in [0.4, 0.5) is 0 Å². The van der Waals surface area contributed by atoms with Crippen LogP contribution in [0.5, 0.6) is 5.75 Å². The van der Waals surface area contributed by atoms with Crippen LogP contribution < -0.4 is 4.74 Å².